The van der Waals surface area contributed by atoms with Crippen molar-refractivity contribution in [3.63, 3.8) is 0 Å². The van der Waals surface area contributed by atoms with Gasteiger partial charge in [0.15, 0.2) is 11.2 Å². The topological polar surface area (TPSA) is 61.3 Å². The van der Waals surface area contributed by atoms with Crippen LogP contribution in [0.15, 0.2) is 161 Å². The van der Waals surface area contributed by atoms with Gasteiger partial charge in [-0.3, -0.25) is 9.97 Å². The van der Waals surface area contributed by atoms with E-state index in [1.54, 1.807) is 0 Å². The summed E-state index contributed by atoms with van der Waals surface area (Å²) in [7, 11) is 0. The molecule has 240 valence electrons. The molecule has 5 heteroatoms. The number of allylic oxidation sites excluding steroid dienone is 2. The first-order chi connectivity index (χ1) is 25.2. The van der Waals surface area contributed by atoms with E-state index in [2.05, 4.69) is 113 Å². The Bertz CT molecular complexity index is 2940. The zero-order chi connectivity index (χ0) is 33.5. The minimum absolute atomic E-state index is 0.0166. The molecule has 0 saturated carbocycles. The van der Waals surface area contributed by atoms with Crippen molar-refractivity contribution in [3.05, 3.63) is 163 Å². The van der Waals surface area contributed by atoms with Crippen LogP contribution in [0.1, 0.15) is 17.5 Å². The summed E-state index contributed by atoms with van der Waals surface area (Å²) in [5, 5.41) is 2.05. The van der Waals surface area contributed by atoms with Crippen molar-refractivity contribution in [2.24, 2.45) is 0 Å². The highest BCUT2D eigenvalue weighted by Crippen LogP contribution is 2.45. The molecule has 0 fully saturated rings. The van der Waals surface area contributed by atoms with Gasteiger partial charge in [0.05, 0.1) is 0 Å². The molecule has 0 saturated heterocycles. The molecule has 1 aliphatic heterocycles. The molecule has 1 unspecified atom stereocenters. The Labute approximate surface area is 292 Å². The summed E-state index contributed by atoms with van der Waals surface area (Å²) in [4.78, 5) is 9.15. The fourth-order valence-corrected chi connectivity index (χ4v) is 7.75. The highest BCUT2D eigenvalue weighted by molar-refractivity contribution is 6.05. The van der Waals surface area contributed by atoms with Crippen molar-refractivity contribution in [2.75, 3.05) is 0 Å². The molecule has 0 N–H and O–H groups in total. The number of ether oxygens (including phenoxy) is 1. The van der Waals surface area contributed by atoms with E-state index in [9.17, 15) is 0 Å². The number of hydrogen-bond acceptors (Lipinski definition) is 5. The normalized spacial score (nSPS) is 15.2. The van der Waals surface area contributed by atoms with Crippen molar-refractivity contribution in [1.29, 1.82) is 0 Å². The fraction of sp³-hybridized carbons (Fsp3) is 0.0435. The van der Waals surface area contributed by atoms with Gasteiger partial charge in [-0.25, -0.2) is 0 Å². The number of aromatic nitrogens is 2. The number of pyridine rings is 2. The number of rotatable bonds is 4. The third-order valence-corrected chi connectivity index (χ3v) is 10.3. The van der Waals surface area contributed by atoms with E-state index in [1.807, 2.05) is 48.8 Å². The van der Waals surface area contributed by atoms with Gasteiger partial charge in [0, 0.05) is 40.7 Å². The van der Waals surface area contributed by atoms with Crippen LogP contribution in [-0.4, -0.2) is 16.1 Å². The van der Waals surface area contributed by atoms with Crippen LogP contribution in [0, 0.1) is 0 Å². The molecule has 5 heterocycles. The van der Waals surface area contributed by atoms with E-state index in [0.29, 0.717) is 0 Å². The van der Waals surface area contributed by atoms with Crippen LogP contribution in [0.25, 0.3) is 88.7 Å². The highest BCUT2D eigenvalue weighted by Gasteiger charge is 2.31. The van der Waals surface area contributed by atoms with E-state index >= 15 is 0 Å². The van der Waals surface area contributed by atoms with Gasteiger partial charge in [0.1, 0.15) is 34.1 Å². The van der Waals surface area contributed by atoms with Crippen molar-refractivity contribution < 1.29 is 13.6 Å². The Morgan fingerprint density at radius 2 is 1.04 bits per heavy atom. The van der Waals surface area contributed by atoms with Crippen molar-refractivity contribution in [2.45, 2.75) is 12.5 Å². The van der Waals surface area contributed by atoms with Crippen molar-refractivity contribution in [3.8, 4) is 39.1 Å². The van der Waals surface area contributed by atoms with Gasteiger partial charge < -0.3 is 13.6 Å². The molecule has 5 nitrogen and oxygen atoms in total. The van der Waals surface area contributed by atoms with Gasteiger partial charge in [0.2, 0.25) is 0 Å². The summed E-state index contributed by atoms with van der Waals surface area (Å²) in [6, 6.07) is 44.5. The lowest BCUT2D eigenvalue weighted by atomic mass is 9.88. The molecule has 1 aliphatic carbocycles. The predicted molar refractivity (Wildman–Crippen MR) is 204 cm³/mol. The van der Waals surface area contributed by atoms with Crippen molar-refractivity contribution >= 4 is 55.3 Å². The van der Waals surface area contributed by atoms with Crippen LogP contribution in [0.3, 0.4) is 0 Å². The number of benzene rings is 5. The van der Waals surface area contributed by atoms with Gasteiger partial charge in [-0.2, -0.15) is 0 Å². The molecule has 0 bridgehead atoms. The molecular weight excluding hydrogens is 629 g/mol. The fourth-order valence-electron chi connectivity index (χ4n) is 7.75. The second-order valence-electron chi connectivity index (χ2n) is 13.3. The smallest absolute Gasteiger partial charge is 0.153 e. The molecule has 51 heavy (non-hydrogen) atoms. The minimum atomic E-state index is 0.0166. The monoisotopic (exact) mass is 656 g/mol. The Morgan fingerprint density at radius 1 is 0.490 bits per heavy atom. The van der Waals surface area contributed by atoms with Crippen LogP contribution in [0.4, 0.5) is 0 Å². The summed E-state index contributed by atoms with van der Waals surface area (Å²) >= 11 is 0. The van der Waals surface area contributed by atoms with Crippen molar-refractivity contribution in [1.82, 2.24) is 9.97 Å². The Kier molecular flexibility index (Phi) is 6.01. The van der Waals surface area contributed by atoms with Crippen LogP contribution < -0.4 is 4.74 Å². The van der Waals surface area contributed by atoms with E-state index in [-0.39, 0.29) is 6.10 Å². The average Bonchev–Trinajstić information content (AvgIpc) is 3.88. The molecule has 2 aliphatic rings. The SMILES string of the molecule is C1=C(c2cccc(-c3ccc4oc5cccnc5c4c3)c2)C=C2c3cc(-c4cccc(-c5ccc6oc7cccnc7c6c5)c4)ccc3OC2C1. The zero-order valence-electron chi connectivity index (χ0n) is 27.3. The van der Waals surface area contributed by atoms with Gasteiger partial charge in [-0.15, -0.1) is 0 Å². The van der Waals surface area contributed by atoms with Crippen LogP contribution in [0.2, 0.25) is 0 Å². The molecule has 5 aromatic carbocycles. The third-order valence-electron chi connectivity index (χ3n) is 10.3. The minimum Gasteiger partial charge on any atom is -0.485 e. The second-order valence-corrected chi connectivity index (χ2v) is 13.3. The van der Waals surface area contributed by atoms with Crippen LogP contribution in [0.5, 0.6) is 5.75 Å². The van der Waals surface area contributed by atoms with Gasteiger partial charge in [-0.1, -0.05) is 60.7 Å². The summed E-state index contributed by atoms with van der Waals surface area (Å²) in [6.45, 7) is 0. The summed E-state index contributed by atoms with van der Waals surface area (Å²) in [5.41, 5.74) is 16.8. The molecule has 11 rings (SSSR count). The Balaban J connectivity index is 0.922. The van der Waals surface area contributed by atoms with E-state index < -0.39 is 0 Å². The molecule has 9 aromatic rings. The molecule has 0 spiro atoms. The Morgan fingerprint density at radius 3 is 1.69 bits per heavy atom. The lowest BCUT2D eigenvalue weighted by Crippen LogP contribution is -2.13. The second kappa shape index (κ2) is 10.9. The van der Waals surface area contributed by atoms with Crippen LogP contribution >= 0.6 is 0 Å². The maximum Gasteiger partial charge on any atom is 0.153 e. The number of furan rings is 2. The number of nitrogens with zero attached hydrogens (tertiary/aromatic N) is 2. The van der Waals surface area contributed by atoms with E-state index in [0.717, 1.165) is 95.3 Å². The number of hydrogen-bond donors (Lipinski definition) is 0. The van der Waals surface area contributed by atoms with Gasteiger partial charge in [0.25, 0.3) is 0 Å². The van der Waals surface area contributed by atoms with E-state index in [4.69, 9.17) is 13.6 Å². The predicted octanol–water partition coefficient (Wildman–Crippen LogP) is 11.9. The molecular formula is C46H28N2O3. The highest BCUT2D eigenvalue weighted by atomic mass is 16.5. The maximum absolute atomic E-state index is 6.47. The quantitative estimate of drug-likeness (QED) is 0.189. The van der Waals surface area contributed by atoms with Gasteiger partial charge in [-0.05, 0) is 123 Å². The number of fused-ring (bicyclic) bond motifs is 9. The maximum atomic E-state index is 6.47. The lowest BCUT2D eigenvalue weighted by Gasteiger charge is -2.17. The zero-order valence-corrected chi connectivity index (χ0v) is 27.3. The largest absolute Gasteiger partial charge is 0.485 e. The summed E-state index contributed by atoms with van der Waals surface area (Å²) < 4.78 is 18.5. The standard InChI is InChI=1S/C46H28N2O3/c1-5-27(21-29(7-1)33-13-17-41-37(25-33)45-43(50-41)9-3-19-47-45)31-11-15-39-35(23-31)36-24-32(12-16-40(36)49-39)28-6-2-8-30(22-28)34-14-18-42-38(26-34)46-44(51-42)10-4-20-48-46/h1-15,17-26,40H,16H2. The average molecular weight is 657 g/mol. The van der Waals surface area contributed by atoms with Crippen LogP contribution in [-0.2, 0) is 0 Å². The molecule has 0 radical (unpaired) electrons. The molecule has 1 atom stereocenters. The summed E-state index contributed by atoms with van der Waals surface area (Å²) in [6.07, 6.45) is 9.08. The van der Waals surface area contributed by atoms with E-state index in [1.165, 1.54) is 16.7 Å². The first-order valence-electron chi connectivity index (χ1n) is 17.2. The molecule has 4 aromatic heterocycles. The summed E-state index contributed by atoms with van der Waals surface area (Å²) in [5.74, 6) is 0.939. The first-order valence-corrected chi connectivity index (χ1v) is 17.2. The first kappa shape index (κ1) is 28.2. The molecule has 0 amide bonds. The Hall–Kier alpha value is -6.72. The lowest BCUT2D eigenvalue weighted by molar-refractivity contribution is 0.279. The third kappa shape index (κ3) is 4.55. The van der Waals surface area contributed by atoms with Gasteiger partial charge >= 0.3 is 0 Å².